The summed E-state index contributed by atoms with van der Waals surface area (Å²) in [6, 6.07) is 0.756. The number of likely N-dealkylation sites (tertiary alicyclic amines) is 1. The summed E-state index contributed by atoms with van der Waals surface area (Å²) in [6.07, 6.45) is 10.4. The van der Waals surface area contributed by atoms with Crippen LogP contribution in [0.25, 0.3) is 0 Å². The van der Waals surface area contributed by atoms with E-state index in [9.17, 15) is 5.11 Å². The highest BCUT2D eigenvalue weighted by atomic mass is 35.5. The summed E-state index contributed by atoms with van der Waals surface area (Å²) in [5, 5.41) is 10.6. The van der Waals surface area contributed by atoms with Gasteiger partial charge in [-0.05, 0) is 86.5 Å². The Bertz CT molecular complexity index is 455. The molecule has 1 saturated heterocycles. The molecule has 4 aliphatic rings. The van der Waals surface area contributed by atoms with Gasteiger partial charge in [-0.1, -0.05) is 13.8 Å². The first-order chi connectivity index (χ1) is 11.0. The summed E-state index contributed by atoms with van der Waals surface area (Å²) >= 11 is 6.09. The third-order valence-corrected chi connectivity index (χ3v) is 8.91. The Balaban J connectivity index is 1.61. The summed E-state index contributed by atoms with van der Waals surface area (Å²) in [4.78, 5) is 2.71. The van der Waals surface area contributed by atoms with Crippen LogP contribution in [0.1, 0.15) is 65.2 Å². The monoisotopic (exact) mass is 339 g/mol. The van der Waals surface area contributed by atoms with E-state index in [4.69, 9.17) is 11.6 Å². The van der Waals surface area contributed by atoms with E-state index in [-0.39, 0.29) is 11.5 Å². The smallest absolute Gasteiger partial charge is 0.0596 e. The van der Waals surface area contributed by atoms with Gasteiger partial charge in [-0.2, -0.15) is 0 Å². The molecule has 0 aromatic carbocycles. The van der Waals surface area contributed by atoms with E-state index in [1.807, 2.05) is 0 Å². The van der Waals surface area contributed by atoms with Crippen molar-refractivity contribution in [3.63, 3.8) is 0 Å². The molecule has 0 aromatic rings. The van der Waals surface area contributed by atoms with Crippen LogP contribution >= 0.6 is 11.6 Å². The number of piperidine rings is 1. The minimum Gasteiger partial charge on any atom is -0.393 e. The van der Waals surface area contributed by atoms with Crippen molar-refractivity contribution < 1.29 is 5.11 Å². The van der Waals surface area contributed by atoms with Crippen LogP contribution in [0.15, 0.2) is 0 Å². The third-order valence-electron chi connectivity index (χ3n) is 8.74. The Hall–Kier alpha value is 0.210. The molecule has 2 nitrogen and oxygen atoms in total. The molecule has 7 atom stereocenters. The van der Waals surface area contributed by atoms with Gasteiger partial charge in [0, 0.05) is 18.5 Å². The van der Waals surface area contributed by atoms with Crippen LogP contribution in [0.5, 0.6) is 0 Å². The molecule has 7 unspecified atom stereocenters. The van der Waals surface area contributed by atoms with Crippen molar-refractivity contribution in [2.24, 2.45) is 28.6 Å². The average Bonchev–Trinajstić information content (AvgIpc) is 2.83. The van der Waals surface area contributed by atoms with Crippen molar-refractivity contribution in [3.05, 3.63) is 0 Å². The standard InChI is InChI=1S/C20H34ClNO/c1-19-9-3-12-22(13-11-21)17(19)6-4-14-15-5-7-18(23)20(15,2)10-8-16(14)19/h14-18,23H,3-13H2,1-2H3. The van der Waals surface area contributed by atoms with E-state index < -0.39 is 0 Å². The second-order valence-electron chi connectivity index (χ2n) is 9.44. The van der Waals surface area contributed by atoms with Gasteiger partial charge in [0.25, 0.3) is 0 Å². The summed E-state index contributed by atoms with van der Waals surface area (Å²) in [5.74, 6) is 3.29. The van der Waals surface area contributed by atoms with Gasteiger partial charge in [-0.25, -0.2) is 0 Å². The zero-order valence-electron chi connectivity index (χ0n) is 14.9. The number of aliphatic hydroxyl groups is 1. The molecule has 1 N–H and O–H groups in total. The van der Waals surface area contributed by atoms with Gasteiger partial charge < -0.3 is 5.11 Å². The zero-order valence-corrected chi connectivity index (χ0v) is 15.7. The van der Waals surface area contributed by atoms with Gasteiger partial charge in [0.2, 0.25) is 0 Å². The fraction of sp³-hybridized carbons (Fsp3) is 1.00. The molecule has 0 aromatic heterocycles. The normalized spacial score (nSPS) is 53.5. The number of aliphatic hydroxyl groups excluding tert-OH is 1. The van der Waals surface area contributed by atoms with Gasteiger partial charge in [0.1, 0.15) is 0 Å². The largest absolute Gasteiger partial charge is 0.393 e. The van der Waals surface area contributed by atoms with Crippen molar-refractivity contribution in [1.29, 1.82) is 0 Å². The predicted octanol–water partition coefficient (Wildman–Crippen LogP) is 4.29. The third kappa shape index (κ3) is 2.34. The molecule has 0 bridgehead atoms. The Morgan fingerprint density at radius 2 is 1.78 bits per heavy atom. The molecular weight excluding hydrogens is 306 g/mol. The van der Waals surface area contributed by atoms with E-state index in [0.717, 1.165) is 42.6 Å². The number of nitrogens with zero attached hydrogens (tertiary/aromatic N) is 1. The van der Waals surface area contributed by atoms with Gasteiger partial charge in [0.15, 0.2) is 0 Å². The van der Waals surface area contributed by atoms with Crippen LogP contribution in [0.3, 0.4) is 0 Å². The van der Waals surface area contributed by atoms with Crippen molar-refractivity contribution in [2.75, 3.05) is 19.0 Å². The molecule has 4 fully saturated rings. The highest BCUT2D eigenvalue weighted by Crippen LogP contribution is 2.64. The number of alkyl halides is 1. The summed E-state index contributed by atoms with van der Waals surface area (Å²) in [5.41, 5.74) is 0.705. The first-order valence-corrected chi connectivity index (χ1v) is 10.5. The minimum atomic E-state index is -0.0434. The first-order valence-electron chi connectivity index (χ1n) is 9.99. The molecule has 0 amide bonds. The molecular formula is C20H34ClNO. The quantitative estimate of drug-likeness (QED) is 0.758. The molecule has 0 radical (unpaired) electrons. The molecule has 1 aliphatic heterocycles. The maximum atomic E-state index is 10.6. The maximum absolute atomic E-state index is 10.6. The molecule has 4 rings (SSSR count). The van der Waals surface area contributed by atoms with Crippen LogP contribution < -0.4 is 0 Å². The first kappa shape index (κ1) is 16.7. The number of rotatable bonds is 2. The SMILES string of the molecule is CC12CCC3C(CCC4N(CCCl)CCCC34C)C1CCC2O. The van der Waals surface area contributed by atoms with Gasteiger partial charge in [-0.3, -0.25) is 4.90 Å². The van der Waals surface area contributed by atoms with Crippen LogP contribution in [0, 0.1) is 28.6 Å². The molecule has 23 heavy (non-hydrogen) atoms. The Labute approximate surface area is 147 Å². The Morgan fingerprint density at radius 3 is 2.57 bits per heavy atom. The van der Waals surface area contributed by atoms with Crippen molar-refractivity contribution in [3.8, 4) is 0 Å². The topological polar surface area (TPSA) is 23.5 Å². The molecule has 132 valence electrons. The number of halogens is 1. The highest BCUT2D eigenvalue weighted by molar-refractivity contribution is 6.18. The summed E-state index contributed by atoms with van der Waals surface area (Å²) in [6.45, 7) is 7.31. The van der Waals surface area contributed by atoms with Gasteiger partial charge in [0.05, 0.1) is 6.10 Å². The average molecular weight is 340 g/mol. The number of hydrogen-bond acceptors (Lipinski definition) is 2. The number of hydrogen-bond donors (Lipinski definition) is 1. The molecule has 3 heteroatoms. The predicted molar refractivity (Wildman–Crippen MR) is 95.7 cm³/mol. The van der Waals surface area contributed by atoms with E-state index >= 15 is 0 Å². The van der Waals surface area contributed by atoms with Crippen LogP contribution in [-0.2, 0) is 0 Å². The van der Waals surface area contributed by atoms with Crippen LogP contribution in [-0.4, -0.2) is 41.1 Å². The lowest BCUT2D eigenvalue weighted by Gasteiger charge is -2.62. The lowest BCUT2D eigenvalue weighted by atomic mass is 9.47. The molecule has 1 heterocycles. The zero-order chi connectivity index (χ0) is 16.2. The molecule has 3 saturated carbocycles. The minimum absolute atomic E-state index is 0.0434. The molecule has 3 aliphatic carbocycles. The summed E-state index contributed by atoms with van der Waals surface area (Å²) < 4.78 is 0. The fourth-order valence-electron chi connectivity index (χ4n) is 7.56. The van der Waals surface area contributed by atoms with Crippen LogP contribution in [0.2, 0.25) is 0 Å². The van der Waals surface area contributed by atoms with E-state index in [1.165, 1.54) is 51.5 Å². The fourth-order valence-corrected chi connectivity index (χ4v) is 7.77. The Morgan fingerprint density at radius 1 is 1.00 bits per heavy atom. The van der Waals surface area contributed by atoms with E-state index in [1.54, 1.807) is 0 Å². The number of fused-ring (bicyclic) bond motifs is 5. The van der Waals surface area contributed by atoms with Crippen molar-refractivity contribution in [2.45, 2.75) is 77.4 Å². The van der Waals surface area contributed by atoms with Crippen molar-refractivity contribution in [1.82, 2.24) is 4.90 Å². The second kappa shape index (κ2) is 5.88. The highest BCUT2D eigenvalue weighted by Gasteiger charge is 2.60. The van der Waals surface area contributed by atoms with Crippen LogP contribution in [0.4, 0.5) is 0 Å². The van der Waals surface area contributed by atoms with Crippen molar-refractivity contribution >= 4 is 11.6 Å². The maximum Gasteiger partial charge on any atom is 0.0596 e. The van der Waals surface area contributed by atoms with E-state index in [0.29, 0.717) is 5.41 Å². The van der Waals surface area contributed by atoms with Gasteiger partial charge in [-0.15, -0.1) is 11.6 Å². The lowest BCUT2D eigenvalue weighted by Crippen LogP contribution is -2.61. The van der Waals surface area contributed by atoms with Gasteiger partial charge >= 0.3 is 0 Å². The van der Waals surface area contributed by atoms with E-state index in [2.05, 4.69) is 18.7 Å². The second-order valence-corrected chi connectivity index (χ2v) is 9.82. The summed E-state index contributed by atoms with van der Waals surface area (Å²) in [7, 11) is 0. The molecule has 0 spiro atoms. The Kier molecular flexibility index (Phi) is 4.26. The lowest BCUT2D eigenvalue weighted by molar-refractivity contribution is -0.133.